The first-order chi connectivity index (χ1) is 3.67. The lowest BCUT2D eigenvalue weighted by Gasteiger charge is -2.01. The second-order valence-electron chi connectivity index (χ2n) is 2.03. The van der Waals surface area contributed by atoms with Gasteiger partial charge >= 0.3 is 5.85 Å². The van der Waals surface area contributed by atoms with Crippen molar-refractivity contribution >= 4 is 0 Å². The molecular formula is C5H5FNO. The first-order valence-corrected chi connectivity index (χ1v) is 2.47. The third-order valence-electron chi connectivity index (χ3n) is 1.25. The van der Waals surface area contributed by atoms with Crippen LogP contribution in [0, 0.1) is 17.2 Å². The summed E-state index contributed by atoms with van der Waals surface area (Å²) in [4.78, 5) is 0. The van der Waals surface area contributed by atoms with Crippen molar-refractivity contribution in [3.8, 4) is 6.07 Å². The number of hydrogen-bond acceptors (Lipinski definition) is 1. The van der Waals surface area contributed by atoms with Gasteiger partial charge in [0.05, 0.1) is 0 Å². The number of nitrogens with zero attached hydrogens (tertiary/aromatic N) is 1. The van der Waals surface area contributed by atoms with Crippen molar-refractivity contribution in [3.05, 3.63) is 0 Å². The molecule has 0 saturated heterocycles. The summed E-state index contributed by atoms with van der Waals surface area (Å²) in [6.45, 7) is 0. The quantitative estimate of drug-likeness (QED) is 0.501. The number of nitriles is 1. The summed E-state index contributed by atoms with van der Waals surface area (Å²) >= 11 is 0. The molecule has 0 aliphatic heterocycles. The Kier molecular flexibility index (Phi) is 0.983. The molecule has 0 heterocycles. The molecular weight excluding hydrogens is 109 g/mol. The molecule has 2 nitrogen and oxygen atoms in total. The van der Waals surface area contributed by atoms with Gasteiger partial charge in [0.1, 0.15) is 6.07 Å². The third-order valence-corrected chi connectivity index (χ3v) is 1.25. The monoisotopic (exact) mass is 114 g/mol. The Morgan fingerprint density at radius 2 is 2.25 bits per heavy atom. The summed E-state index contributed by atoms with van der Waals surface area (Å²) in [7, 11) is 0. The first kappa shape index (κ1) is 5.52. The lowest BCUT2D eigenvalue weighted by atomic mass is 10.2. The smallest absolute Gasteiger partial charge is 0.192 e. The maximum Gasteiger partial charge on any atom is 0.327 e. The van der Waals surface area contributed by atoms with Gasteiger partial charge in [-0.3, -0.25) is 0 Å². The van der Waals surface area contributed by atoms with Gasteiger partial charge in [0.2, 0.25) is 0 Å². The molecule has 0 amide bonds. The second-order valence-corrected chi connectivity index (χ2v) is 2.03. The molecule has 3 heteroatoms. The summed E-state index contributed by atoms with van der Waals surface area (Å²) in [5.41, 5.74) is 0. The fourth-order valence-corrected chi connectivity index (χ4v) is 0.546. The minimum atomic E-state index is -2.79. The van der Waals surface area contributed by atoms with Crippen molar-refractivity contribution in [1.82, 2.24) is 0 Å². The van der Waals surface area contributed by atoms with Gasteiger partial charge in [-0.25, -0.2) is 0 Å². The highest BCUT2D eigenvalue weighted by Gasteiger charge is 2.46. The Hall–Kier alpha value is -0.620. The summed E-state index contributed by atoms with van der Waals surface area (Å²) in [6.07, 6.45) is 1.15. The third kappa shape index (κ3) is 0.797. The zero-order chi connectivity index (χ0) is 6.20. The van der Waals surface area contributed by atoms with E-state index >= 15 is 0 Å². The van der Waals surface area contributed by atoms with Crippen molar-refractivity contribution in [2.24, 2.45) is 5.92 Å². The second kappa shape index (κ2) is 1.43. The maximum atomic E-state index is 12.1. The van der Waals surface area contributed by atoms with E-state index in [2.05, 4.69) is 0 Å². The summed E-state index contributed by atoms with van der Waals surface area (Å²) in [5.74, 6) is -3.31. The largest absolute Gasteiger partial charge is 0.327 e. The molecule has 43 valence electrons. The molecule has 1 atom stereocenters. The van der Waals surface area contributed by atoms with Crippen LogP contribution in [0.25, 0.3) is 0 Å². The molecule has 1 aliphatic carbocycles. The van der Waals surface area contributed by atoms with Crippen LogP contribution in [0.15, 0.2) is 0 Å². The molecule has 1 fully saturated rings. The van der Waals surface area contributed by atoms with Gasteiger partial charge in [0, 0.05) is 5.92 Å². The van der Waals surface area contributed by atoms with Crippen LogP contribution in [0.3, 0.4) is 0 Å². The number of hydrogen-bond donors (Lipinski definition) is 0. The molecule has 1 saturated carbocycles. The van der Waals surface area contributed by atoms with Crippen molar-refractivity contribution in [2.45, 2.75) is 18.7 Å². The molecule has 1 unspecified atom stereocenters. The summed E-state index contributed by atoms with van der Waals surface area (Å²) in [6, 6.07) is 1.08. The van der Waals surface area contributed by atoms with Crippen molar-refractivity contribution in [2.75, 3.05) is 0 Å². The Bertz CT molecular complexity index is 134. The topological polar surface area (TPSA) is 43.7 Å². The van der Waals surface area contributed by atoms with Gasteiger partial charge in [-0.1, -0.05) is 0 Å². The highest BCUT2D eigenvalue weighted by molar-refractivity contribution is 5.01. The fourth-order valence-electron chi connectivity index (χ4n) is 0.546. The predicted molar refractivity (Wildman–Crippen MR) is 22.9 cm³/mol. The molecule has 1 rings (SSSR count). The zero-order valence-corrected chi connectivity index (χ0v) is 4.22. The van der Waals surface area contributed by atoms with E-state index in [4.69, 9.17) is 5.26 Å². The molecule has 0 aromatic carbocycles. The summed E-state index contributed by atoms with van der Waals surface area (Å²) < 4.78 is 12.1. The van der Waals surface area contributed by atoms with E-state index in [9.17, 15) is 9.50 Å². The number of alkyl halides is 1. The van der Waals surface area contributed by atoms with E-state index < -0.39 is 11.8 Å². The van der Waals surface area contributed by atoms with Crippen molar-refractivity contribution in [1.29, 1.82) is 5.26 Å². The van der Waals surface area contributed by atoms with E-state index in [-0.39, 0.29) is 0 Å². The minimum absolute atomic E-state index is 0.521. The highest BCUT2D eigenvalue weighted by Crippen LogP contribution is 2.40. The summed E-state index contributed by atoms with van der Waals surface area (Å²) in [5, 5.41) is 18.1. The van der Waals surface area contributed by atoms with Crippen LogP contribution < -0.4 is 0 Å². The van der Waals surface area contributed by atoms with E-state index in [0.717, 1.165) is 6.07 Å². The van der Waals surface area contributed by atoms with Crippen LogP contribution in [0.5, 0.6) is 0 Å². The van der Waals surface area contributed by atoms with Gasteiger partial charge in [-0.2, -0.15) is 14.8 Å². The molecule has 8 heavy (non-hydrogen) atoms. The normalized spacial score (nSPS) is 26.1. The van der Waals surface area contributed by atoms with Crippen LogP contribution in [0.1, 0.15) is 12.8 Å². The molecule has 1 aliphatic rings. The van der Waals surface area contributed by atoms with Crippen LogP contribution in [-0.2, 0) is 5.11 Å². The van der Waals surface area contributed by atoms with Crippen molar-refractivity contribution < 1.29 is 9.50 Å². The highest BCUT2D eigenvalue weighted by atomic mass is 19.2. The van der Waals surface area contributed by atoms with Gasteiger partial charge in [0.25, 0.3) is 0 Å². The van der Waals surface area contributed by atoms with E-state index in [1.807, 2.05) is 0 Å². The average molecular weight is 114 g/mol. The lowest BCUT2D eigenvalue weighted by molar-refractivity contribution is -0.109. The number of halogens is 1. The molecule has 0 spiro atoms. The zero-order valence-electron chi connectivity index (χ0n) is 4.22. The lowest BCUT2D eigenvalue weighted by Crippen LogP contribution is -2.19. The SMILES string of the molecule is N#CC([O])(F)C1CC1. The van der Waals surface area contributed by atoms with Crippen molar-refractivity contribution in [3.63, 3.8) is 0 Å². The van der Waals surface area contributed by atoms with Crippen LogP contribution in [0.2, 0.25) is 0 Å². The number of rotatable bonds is 1. The molecule has 0 bridgehead atoms. The Balaban J connectivity index is 2.53. The fraction of sp³-hybridized carbons (Fsp3) is 0.800. The standard InChI is InChI=1S/C5H5FNO/c6-5(8,3-7)4-1-2-4/h4H,1-2H2. The van der Waals surface area contributed by atoms with Gasteiger partial charge < -0.3 is 0 Å². The molecule has 0 aromatic heterocycles. The minimum Gasteiger partial charge on any atom is -0.192 e. The predicted octanol–water partition coefficient (Wildman–Crippen LogP) is 1.02. The maximum absolute atomic E-state index is 12.1. The van der Waals surface area contributed by atoms with Crippen LogP contribution in [-0.4, -0.2) is 5.85 Å². The Morgan fingerprint density at radius 1 is 1.75 bits per heavy atom. The molecule has 1 radical (unpaired) electrons. The van der Waals surface area contributed by atoms with E-state index in [0.29, 0.717) is 12.8 Å². The van der Waals surface area contributed by atoms with E-state index in [1.54, 1.807) is 0 Å². The Morgan fingerprint density at radius 3 is 2.38 bits per heavy atom. The molecule has 0 aromatic rings. The van der Waals surface area contributed by atoms with E-state index in [1.165, 1.54) is 0 Å². The van der Waals surface area contributed by atoms with Gasteiger partial charge in [-0.15, -0.1) is 0 Å². The Labute approximate surface area is 46.5 Å². The average Bonchev–Trinajstić information content (AvgIpc) is 2.44. The van der Waals surface area contributed by atoms with Gasteiger partial charge in [-0.05, 0) is 12.8 Å². The first-order valence-electron chi connectivity index (χ1n) is 2.47. The van der Waals surface area contributed by atoms with Crippen LogP contribution >= 0.6 is 0 Å². The molecule has 0 N–H and O–H groups in total. The van der Waals surface area contributed by atoms with Gasteiger partial charge in [0.15, 0.2) is 0 Å². The van der Waals surface area contributed by atoms with Crippen LogP contribution in [0.4, 0.5) is 4.39 Å².